The predicted molar refractivity (Wildman–Crippen MR) is 75.6 cm³/mol. The Morgan fingerprint density at radius 2 is 2.05 bits per heavy atom. The Morgan fingerprint density at radius 1 is 1.24 bits per heavy atom. The van der Waals surface area contributed by atoms with Gasteiger partial charge >= 0.3 is 5.97 Å². The Kier molecular flexibility index (Phi) is 3.94. The molecular weight excluding hydrogens is 270 g/mol. The zero-order valence-electron chi connectivity index (χ0n) is 12.0. The number of nitrogens with zero attached hydrogens (tertiary/aromatic N) is 2. The van der Waals surface area contributed by atoms with Crippen molar-refractivity contribution in [3.05, 3.63) is 18.0 Å². The Labute approximate surface area is 123 Å². The van der Waals surface area contributed by atoms with Gasteiger partial charge in [0.2, 0.25) is 5.91 Å². The van der Waals surface area contributed by atoms with Gasteiger partial charge in [0.1, 0.15) is 0 Å². The number of carbonyl (C=O) groups is 2. The first-order valence-corrected chi connectivity index (χ1v) is 7.67. The quantitative estimate of drug-likeness (QED) is 0.886. The van der Waals surface area contributed by atoms with Crippen LogP contribution in [-0.4, -0.2) is 45.2 Å². The summed E-state index contributed by atoms with van der Waals surface area (Å²) in [7, 11) is 0. The van der Waals surface area contributed by atoms with Crippen molar-refractivity contribution in [1.82, 2.24) is 15.1 Å². The van der Waals surface area contributed by atoms with Crippen LogP contribution in [0.25, 0.3) is 0 Å². The molecule has 1 saturated heterocycles. The number of rotatable bonds is 3. The number of likely N-dealkylation sites (tertiary alicyclic amines) is 1. The molecule has 0 spiro atoms. The topological polar surface area (TPSA) is 86.3 Å². The predicted octanol–water partition coefficient (Wildman–Crippen LogP) is 1.62. The number of aromatic nitrogens is 2. The number of aromatic amines is 1. The zero-order chi connectivity index (χ0) is 14.8. The maximum Gasteiger partial charge on any atom is 0.307 e. The largest absolute Gasteiger partial charge is 0.481 e. The van der Waals surface area contributed by atoms with Crippen LogP contribution in [0.15, 0.2) is 12.3 Å². The molecule has 21 heavy (non-hydrogen) atoms. The third kappa shape index (κ3) is 2.80. The summed E-state index contributed by atoms with van der Waals surface area (Å²) in [5.41, 5.74) is 1.06. The molecule has 114 valence electrons. The van der Waals surface area contributed by atoms with Gasteiger partial charge in [-0.15, -0.1) is 0 Å². The van der Waals surface area contributed by atoms with Gasteiger partial charge < -0.3 is 10.0 Å². The third-order valence-corrected chi connectivity index (χ3v) is 4.85. The average Bonchev–Trinajstić information content (AvgIpc) is 3.17. The molecule has 2 N–H and O–H groups in total. The lowest BCUT2D eigenvalue weighted by Gasteiger charge is -2.34. The SMILES string of the molecule is O=C(O)C1CCCC1C(=O)N1CCCC(c2ccn[nH]2)C1. The number of nitrogens with one attached hydrogen (secondary N) is 1. The van der Waals surface area contributed by atoms with Crippen molar-refractivity contribution in [1.29, 1.82) is 0 Å². The van der Waals surface area contributed by atoms with E-state index in [1.807, 2.05) is 11.0 Å². The number of hydrogen-bond donors (Lipinski definition) is 2. The highest BCUT2D eigenvalue weighted by molar-refractivity contribution is 5.85. The van der Waals surface area contributed by atoms with Crippen LogP contribution in [0.2, 0.25) is 0 Å². The van der Waals surface area contributed by atoms with Crippen LogP contribution in [0.4, 0.5) is 0 Å². The molecule has 1 aromatic heterocycles. The van der Waals surface area contributed by atoms with Crippen molar-refractivity contribution in [2.24, 2.45) is 11.8 Å². The fourth-order valence-corrected chi connectivity index (χ4v) is 3.71. The van der Waals surface area contributed by atoms with E-state index in [0.29, 0.717) is 19.4 Å². The zero-order valence-corrected chi connectivity index (χ0v) is 12.0. The van der Waals surface area contributed by atoms with Crippen molar-refractivity contribution in [3.8, 4) is 0 Å². The molecule has 1 aliphatic carbocycles. The molecule has 2 heterocycles. The second kappa shape index (κ2) is 5.87. The van der Waals surface area contributed by atoms with Crippen LogP contribution < -0.4 is 0 Å². The van der Waals surface area contributed by atoms with E-state index in [2.05, 4.69) is 10.2 Å². The van der Waals surface area contributed by atoms with Crippen molar-refractivity contribution < 1.29 is 14.7 Å². The van der Waals surface area contributed by atoms with Crippen LogP contribution in [0.1, 0.15) is 43.7 Å². The van der Waals surface area contributed by atoms with Gasteiger partial charge in [-0.3, -0.25) is 14.7 Å². The monoisotopic (exact) mass is 291 g/mol. The molecule has 6 heteroatoms. The van der Waals surface area contributed by atoms with Crippen LogP contribution in [0.5, 0.6) is 0 Å². The second-order valence-electron chi connectivity index (χ2n) is 6.12. The maximum absolute atomic E-state index is 12.7. The van der Waals surface area contributed by atoms with Gasteiger partial charge in [-0.1, -0.05) is 6.42 Å². The lowest BCUT2D eigenvalue weighted by Crippen LogP contribution is -2.44. The second-order valence-corrected chi connectivity index (χ2v) is 6.12. The molecular formula is C15H21N3O3. The van der Waals surface area contributed by atoms with Gasteiger partial charge in [0.25, 0.3) is 0 Å². The van der Waals surface area contributed by atoms with Gasteiger partial charge in [0, 0.05) is 30.9 Å². The first-order valence-electron chi connectivity index (χ1n) is 7.67. The van der Waals surface area contributed by atoms with E-state index in [1.165, 1.54) is 0 Å². The standard InChI is InChI=1S/C15H21N3O3/c19-14(11-4-1-5-12(11)15(20)21)18-8-2-3-10(9-18)13-6-7-16-17-13/h6-7,10-12H,1-5,8-9H2,(H,16,17)(H,20,21). The summed E-state index contributed by atoms with van der Waals surface area (Å²) in [6.07, 6.45) is 5.90. The number of hydrogen-bond acceptors (Lipinski definition) is 3. The first-order chi connectivity index (χ1) is 10.2. The van der Waals surface area contributed by atoms with Gasteiger partial charge in [0.05, 0.1) is 11.8 Å². The highest BCUT2D eigenvalue weighted by Crippen LogP contribution is 2.35. The molecule has 6 nitrogen and oxygen atoms in total. The highest BCUT2D eigenvalue weighted by atomic mass is 16.4. The van der Waals surface area contributed by atoms with Crippen molar-refractivity contribution in [2.45, 2.75) is 38.0 Å². The maximum atomic E-state index is 12.7. The van der Waals surface area contributed by atoms with E-state index in [1.54, 1.807) is 6.20 Å². The van der Waals surface area contributed by atoms with Gasteiger partial charge in [-0.25, -0.2) is 0 Å². The van der Waals surface area contributed by atoms with E-state index < -0.39 is 11.9 Å². The normalized spacial score (nSPS) is 29.5. The van der Waals surface area contributed by atoms with E-state index in [-0.39, 0.29) is 17.7 Å². The van der Waals surface area contributed by atoms with Crippen LogP contribution in [0.3, 0.4) is 0 Å². The Bertz CT molecular complexity index is 514. The average molecular weight is 291 g/mol. The number of H-pyrrole nitrogens is 1. The summed E-state index contributed by atoms with van der Waals surface area (Å²) in [6, 6.07) is 1.95. The number of piperidine rings is 1. The third-order valence-electron chi connectivity index (χ3n) is 4.85. The molecule has 0 radical (unpaired) electrons. The first kappa shape index (κ1) is 14.1. The molecule has 1 aliphatic heterocycles. The van der Waals surface area contributed by atoms with E-state index in [4.69, 9.17) is 0 Å². The number of aliphatic carboxylic acids is 1. The minimum Gasteiger partial charge on any atom is -0.481 e. The lowest BCUT2D eigenvalue weighted by molar-refractivity contribution is -0.149. The van der Waals surface area contributed by atoms with Crippen LogP contribution in [-0.2, 0) is 9.59 Å². The Morgan fingerprint density at radius 3 is 2.76 bits per heavy atom. The summed E-state index contributed by atoms with van der Waals surface area (Å²) in [5, 5.41) is 16.2. The molecule has 1 aromatic rings. The Hall–Kier alpha value is -1.85. The van der Waals surface area contributed by atoms with Crippen molar-refractivity contribution >= 4 is 11.9 Å². The van der Waals surface area contributed by atoms with E-state index >= 15 is 0 Å². The van der Waals surface area contributed by atoms with Crippen LogP contribution >= 0.6 is 0 Å². The summed E-state index contributed by atoms with van der Waals surface area (Å²) in [5.74, 6) is -1.33. The number of carboxylic acids is 1. The lowest BCUT2D eigenvalue weighted by atomic mass is 9.91. The smallest absolute Gasteiger partial charge is 0.307 e. The number of carboxylic acid groups (broad SMARTS) is 1. The van der Waals surface area contributed by atoms with E-state index in [0.717, 1.165) is 31.5 Å². The minimum absolute atomic E-state index is 0.0316. The number of carbonyl (C=O) groups excluding carboxylic acids is 1. The summed E-state index contributed by atoms with van der Waals surface area (Å²) in [4.78, 5) is 25.8. The van der Waals surface area contributed by atoms with Crippen molar-refractivity contribution in [3.63, 3.8) is 0 Å². The summed E-state index contributed by atoms with van der Waals surface area (Å²) in [6.45, 7) is 1.41. The molecule has 3 rings (SSSR count). The minimum atomic E-state index is -0.826. The molecule has 2 aliphatic rings. The number of amides is 1. The van der Waals surface area contributed by atoms with Crippen LogP contribution in [0, 0.1) is 11.8 Å². The molecule has 3 unspecified atom stereocenters. The van der Waals surface area contributed by atoms with Gasteiger partial charge in [-0.2, -0.15) is 5.10 Å². The highest BCUT2D eigenvalue weighted by Gasteiger charge is 2.40. The Balaban J connectivity index is 1.68. The van der Waals surface area contributed by atoms with E-state index in [9.17, 15) is 14.7 Å². The molecule has 1 saturated carbocycles. The molecule has 2 fully saturated rings. The van der Waals surface area contributed by atoms with Crippen molar-refractivity contribution in [2.75, 3.05) is 13.1 Å². The molecule has 1 amide bonds. The fourth-order valence-electron chi connectivity index (χ4n) is 3.71. The fraction of sp³-hybridized carbons (Fsp3) is 0.667. The van der Waals surface area contributed by atoms with Gasteiger partial charge in [-0.05, 0) is 31.7 Å². The summed E-state index contributed by atoms with van der Waals surface area (Å²) >= 11 is 0. The summed E-state index contributed by atoms with van der Waals surface area (Å²) < 4.78 is 0. The van der Waals surface area contributed by atoms with Gasteiger partial charge in [0.15, 0.2) is 0 Å². The molecule has 0 aromatic carbocycles. The molecule has 0 bridgehead atoms. The molecule has 3 atom stereocenters.